The van der Waals surface area contributed by atoms with Gasteiger partial charge in [-0.3, -0.25) is 4.57 Å². The van der Waals surface area contributed by atoms with Gasteiger partial charge in [0.15, 0.2) is 5.79 Å². The van der Waals surface area contributed by atoms with E-state index in [1.54, 1.807) is 0 Å². The molecular formula is C10H21Cl2N2O4P. The molecule has 1 saturated heterocycles. The Morgan fingerprint density at radius 2 is 2.00 bits per heavy atom. The molecule has 0 radical (unpaired) electrons. The van der Waals surface area contributed by atoms with E-state index < -0.39 is 13.5 Å². The minimum Gasteiger partial charge on any atom is -0.348 e. The SMILES string of the molecule is CC1(C)OC[C@H](CO[P@](N)(=O)N(CCCl)CCCl)O1. The fraction of sp³-hybridized carbons (Fsp3) is 1.00. The van der Waals surface area contributed by atoms with Crippen LogP contribution in [0.5, 0.6) is 0 Å². The average Bonchev–Trinajstić information content (AvgIpc) is 2.66. The third-order valence-electron chi connectivity index (χ3n) is 2.59. The molecule has 1 aliphatic heterocycles. The number of alkyl halides is 2. The third kappa shape index (κ3) is 5.86. The summed E-state index contributed by atoms with van der Waals surface area (Å²) in [6.07, 6.45) is -0.277. The van der Waals surface area contributed by atoms with Crippen molar-refractivity contribution < 1.29 is 18.6 Å². The van der Waals surface area contributed by atoms with E-state index in [9.17, 15) is 4.57 Å². The van der Waals surface area contributed by atoms with Gasteiger partial charge in [0.25, 0.3) is 0 Å². The van der Waals surface area contributed by atoms with Crippen molar-refractivity contribution in [2.24, 2.45) is 5.50 Å². The molecule has 2 N–H and O–H groups in total. The first-order chi connectivity index (χ1) is 8.80. The zero-order valence-corrected chi connectivity index (χ0v) is 13.6. The van der Waals surface area contributed by atoms with Crippen LogP contribution in [0.15, 0.2) is 0 Å². The zero-order chi connectivity index (χ0) is 14.5. The first-order valence-electron chi connectivity index (χ1n) is 6.03. The molecule has 114 valence electrons. The van der Waals surface area contributed by atoms with Crippen LogP contribution in [0.4, 0.5) is 0 Å². The lowest BCUT2D eigenvalue weighted by Gasteiger charge is -2.27. The summed E-state index contributed by atoms with van der Waals surface area (Å²) >= 11 is 11.3. The standard InChI is InChI=1S/C10H21Cl2N2O4P/c1-10(2)16-7-9(18-10)8-17-19(13,15)14(5-3-11)6-4-12/h9H,3-8H2,1-2H3,(H2,13,15)/t9-,19+/m1/s1. The highest BCUT2D eigenvalue weighted by Gasteiger charge is 2.35. The summed E-state index contributed by atoms with van der Waals surface area (Å²) in [5, 5.41) is 0. The number of nitrogens with two attached hydrogens (primary N) is 1. The van der Waals surface area contributed by atoms with E-state index >= 15 is 0 Å². The Morgan fingerprint density at radius 1 is 1.42 bits per heavy atom. The lowest BCUT2D eigenvalue weighted by atomic mass is 10.4. The first kappa shape index (κ1) is 17.7. The van der Waals surface area contributed by atoms with Gasteiger partial charge in [0.2, 0.25) is 0 Å². The lowest BCUT2D eigenvalue weighted by Crippen LogP contribution is -2.31. The smallest absolute Gasteiger partial charge is 0.340 e. The number of rotatable bonds is 8. The van der Waals surface area contributed by atoms with Gasteiger partial charge in [-0.25, -0.2) is 10.2 Å². The molecule has 0 saturated carbocycles. The number of nitrogens with zero attached hydrogens (tertiary/aromatic N) is 1. The first-order valence-corrected chi connectivity index (χ1v) is 8.74. The highest BCUT2D eigenvalue weighted by atomic mass is 35.5. The number of hydrogen-bond donors (Lipinski definition) is 1. The van der Waals surface area contributed by atoms with Gasteiger partial charge in [0.05, 0.1) is 13.2 Å². The molecule has 1 rings (SSSR count). The molecule has 0 bridgehead atoms. The average molecular weight is 335 g/mol. The maximum absolute atomic E-state index is 12.3. The van der Waals surface area contributed by atoms with E-state index in [0.717, 1.165) is 0 Å². The van der Waals surface area contributed by atoms with Crippen LogP contribution in [-0.4, -0.2) is 54.6 Å². The Hall–Kier alpha value is 0.610. The van der Waals surface area contributed by atoms with Crippen LogP contribution in [-0.2, 0) is 18.6 Å². The predicted molar refractivity (Wildman–Crippen MR) is 75.7 cm³/mol. The monoisotopic (exact) mass is 334 g/mol. The normalized spacial score (nSPS) is 25.7. The molecule has 0 unspecified atom stereocenters. The largest absolute Gasteiger partial charge is 0.348 e. The lowest BCUT2D eigenvalue weighted by molar-refractivity contribution is -0.141. The molecule has 0 amide bonds. The Kier molecular flexibility index (Phi) is 7.04. The minimum absolute atomic E-state index is 0.109. The number of ether oxygens (including phenoxy) is 2. The predicted octanol–water partition coefficient (Wildman–Crippen LogP) is 2.00. The fourth-order valence-electron chi connectivity index (χ4n) is 1.70. The van der Waals surface area contributed by atoms with E-state index in [4.69, 9.17) is 42.7 Å². The van der Waals surface area contributed by atoms with Crippen molar-refractivity contribution in [3.63, 3.8) is 0 Å². The van der Waals surface area contributed by atoms with Crippen molar-refractivity contribution in [2.45, 2.75) is 25.7 Å². The van der Waals surface area contributed by atoms with Crippen molar-refractivity contribution in [2.75, 3.05) is 38.1 Å². The summed E-state index contributed by atoms with van der Waals surface area (Å²) in [5.41, 5.74) is 5.72. The summed E-state index contributed by atoms with van der Waals surface area (Å²) in [4.78, 5) is 0. The van der Waals surface area contributed by atoms with Crippen LogP contribution in [0.25, 0.3) is 0 Å². The van der Waals surface area contributed by atoms with Crippen LogP contribution in [0.2, 0.25) is 0 Å². The van der Waals surface area contributed by atoms with Gasteiger partial charge in [-0.1, -0.05) is 0 Å². The molecule has 2 atom stereocenters. The van der Waals surface area contributed by atoms with Crippen LogP contribution >= 0.6 is 30.9 Å². The van der Waals surface area contributed by atoms with E-state index in [1.165, 1.54) is 4.67 Å². The van der Waals surface area contributed by atoms with Crippen LogP contribution in [0.1, 0.15) is 13.8 Å². The highest BCUT2D eigenvalue weighted by molar-refractivity contribution is 7.53. The molecule has 0 aliphatic carbocycles. The number of hydrogen-bond acceptors (Lipinski definition) is 4. The Labute approximate surface area is 124 Å². The summed E-state index contributed by atoms with van der Waals surface area (Å²) in [6.45, 7) is 4.83. The van der Waals surface area contributed by atoms with Gasteiger partial charge in [0, 0.05) is 24.8 Å². The summed E-state index contributed by atoms with van der Waals surface area (Å²) in [7, 11) is -3.40. The van der Waals surface area contributed by atoms with E-state index in [0.29, 0.717) is 31.5 Å². The second-order valence-electron chi connectivity index (χ2n) is 4.64. The second kappa shape index (κ2) is 7.57. The zero-order valence-electron chi connectivity index (χ0n) is 11.2. The second-order valence-corrected chi connectivity index (χ2v) is 7.35. The van der Waals surface area contributed by atoms with Gasteiger partial charge in [-0.05, 0) is 13.8 Å². The van der Waals surface area contributed by atoms with E-state index in [-0.39, 0.29) is 12.7 Å². The third-order valence-corrected chi connectivity index (χ3v) is 4.64. The minimum atomic E-state index is -3.40. The van der Waals surface area contributed by atoms with Gasteiger partial charge >= 0.3 is 7.67 Å². The Bertz CT molecular complexity index is 327. The molecule has 1 heterocycles. The molecule has 1 fully saturated rings. The van der Waals surface area contributed by atoms with Crippen molar-refractivity contribution in [1.29, 1.82) is 0 Å². The molecule has 1 aliphatic rings. The van der Waals surface area contributed by atoms with Crippen molar-refractivity contribution in [3.8, 4) is 0 Å². The molecule has 19 heavy (non-hydrogen) atoms. The maximum Gasteiger partial charge on any atom is 0.340 e. The molecule has 0 spiro atoms. The van der Waals surface area contributed by atoms with Crippen LogP contribution in [0, 0.1) is 0 Å². The van der Waals surface area contributed by atoms with Gasteiger partial charge in [-0.2, -0.15) is 0 Å². The summed E-state index contributed by atoms with van der Waals surface area (Å²) < 4.78 is 30.0. The van der Waals surface area contributed by atoms with Crippen molar-refractivity contribution >= 4 is 30.9 Å². The van der Waals surface area contributed by atoms with Gasteiger partial charge in [-0.15, -0.1) is 23.2 Å². The van der Waals surface area contributed by atoms with Gasteiger partial charge < -0.3 is 14.0 Å². The van der Waals surface area contributed by atoms with E-state index in [1.807, 2.05) is 13.8 Å². The quantitative estimate of drug-likeness (QED) is 0.540. The molecule has 0 aromatic rings. The Balaban J connectivity index is 2.47. The topological polar surface area (TPSA) is 74.0 Å². The highest BCUT2D eigenvalue weighted by Crippen LogP contribution is 2.42. The molecule has 0 aromatic carbocycles. The fourth-order valence-corrected chi connectivity index (χ4v) is 3.65. The molecule has 6 nitrogen and oxygen atoms in total. The van der Waals surface area contributed by atoms with Gasteiger partial charge in [0.1, 0.15) is 6.10 Å². The van der Waals surface area contributed by atoms with Crippen molar-refractivity contribution in [1.82, 2.24) is 4.67 Å². The molecular weight excluding hydrogens is 314 g/mol. The maximum atomic E-state index is 12.3. The van der Waals surface area contributed by atoms with E-state index in [2.05, 4.69) is 0 Å². The Morgan fingerprint density at radius 3 is 2.42 bits per heavy atom. The molecule has 9 heteroatoms. The summed E-state index contributed by atoms with van der Waals surface area (Å²) in [5.74, 6) is -0.0341. The number of halogens is 2. The van der Waals surface area contributed by atoms with Crippen molar-refractivity contribution in [3.05, 3.63) is 0 Å². The van der Waals surface area contributed by atoms with Crippen LogP contribution in [0.3, 0.4) is 0 Å². The molecule has 0 aromatic heterocycles. The summed E-state index contributed by atoms with van der Waals surface area (Å²) in [6, 6.07) is 0. The van der Waals surface area contributed by atoms with Crippen LogP contribution < -0.4 is 5.50 Å².